The molecule has 0 atom stereocenters. The normalized spacial score (nSPS) is 12.0. The number of halogens is 4. The van der Waals surface area contributed by atoms with Crippen molar-refractivity contribution in [3.63, 3.8) is 0 Å². The van der Waals surface area contributed by atoms with Crippen LogP contribution in [0.25, 0.3) is 21.9 Å². The summed E-state index contributed by atoms with van der Waals surface area (Å²) in [6.45, 7) is 0. The number of alkyl halides is 3. The zero-order valence-electron chi connectivity index (χ0n) is 13.6. The zero-order valence-corrected chi connectivity index (χ0v) is 13.6. The Morgan fingerprint density at radius 2 is 1.38 bits per heavy atom. The van der Waals surface area contributed by atoms with Crippen LogP contribution in [0.2, 0.25) is 0 Å². The minimum atomic E-state index is -4.52. The number of fused-ring (bicyclic) bond motifs is 3. The first kappa shape index (κ1) is 16.4. The molecule has 3 aromatic carbocycles. The van der Waals surface area contributed by atoms with Gasteiger partial charge in [0.05, 0.1) is 16.9 Å². The van der Waals surface area contributed by atoms with Gasteiger partial charge >= 0.3 is 6.18 Å². The fraction of sp³-hybridized carbons (Fsp3) is 0.100. The van der Waals surface area contributed by atoms with Crippen molar-refractivity contribution in [2.24, 2.45) is 0 Å². The summed E-state index contributed by atoms with van der Waals surface area (Å²) in [7, 11) is 1.64. The lowest BCUT2D eigenvalue weighted by Crippen LogP contribution is -2.11. The highest BCUT2D eigenvalue weighted by atomic mass is 19.4. The van der Waals surface area contributed by atoms with E-state index in [1.54, 1.807) is 54.4 Å². The van der Waals surface area contributed by atoms with Crippen molar-refractivity contribution in [3.8, 4) is 0 Å². The predicted octanol–water partition coefficient (Wildman–Crippen LogP) is 6.51. The Morgan fingerprint density at radius 3 is 2.08 bits per heavy atom. The molecular formula is C20H13F4NO. The molecule has 6 heteroatoms. The van der Waals surface area contributed by atoms with E-state index < -0.39 is 17.6 Å². The Hall–Kier alpha value is -3.02. The first-order chi connectivity index (χ1) is 12.4. The lowest BCUT2D eigenvalue weighted by molar-refractivity contribution is -0.136. The minimum absolute atomic E-state index is 0.218. The smallest absolute Gasteiger partial charge is 0.420 e. The highest BCUT2D eigenvalue weighted by molar-refractivity contribution is 6.10. The predicted molar refractivity (Wildman–Crippen MR) is 93.2 cm³/mol. The van der Waals surface area contributed by atoms with Crippen LogP contribution in [0.5, 0.6) is 0 Å². The molecule has 0 fully saturated rings. The molecule has 0 saturated carbocycles. The molecule has 1 aromatic heterocycles. The van der Waals surface area contributed by atoms with Crippen molar-refractivity contribution in [3.05, 3.63) is 72.0 Å². The molecule has 2 nitrogen and oxygen atoms in total. The Bertz CT molecular complexity index is 1110. The van der Waals surface area contributed by atoms with Gasteiger partial charge in [0, 0.05) is 17.8 Å². The Labute approximate surface area is 146 Å². The Kier molecular flexibility index (Phi) is 3.64. The molecule has 4 aromatic rings. The third-order valence-electron chi connectivity index (χ3n) is 4.38. The summed E-state index contributed by atoms with van der Waals surface area (Å²) in [5.41, 5.74) is 0.0217. The highest BCUT2D eigenvalue weighted by Crippen LogP contribution is 2.42. The van der Waals surface area contributed by atoms with E-state index in [0.29, 0.717) is 22.1 Å². The largest absolute Gasteiger partial charge is 0.453 e. The Balaban J connectivity index is 1.99. The van der Waals surface area contributed by atoms with Crippen LogP contribution in [0.15, 0.2) is 65.1 Å². The van der Waals surface area contributed by atoms with E-state index in [0.717, 1.165) is 6.07 Å². The fourth-order valence-corrected chi connectivity index (χ4v) is 3.15. The average Bonchev–Trinajstić information content (AvgIpc) is 2.99. The van der Waals surface area contributed by atoms with Gasteiger partial charge in [0.1, 0.15) is 11.4 Å². The molecule has 0 unspecified atom stereocenters. The van der Waals surface area contributed by atoms with Crippen molar-refractivity contribution in [1.29, 1.82) is 0 Å². The SMILES string of the molecule is CN(c1ccccc1F)c1cccc2c1oc1c(C(F)(F)F)cccc12. The van der Waals surface area contributed by atoms with Crippen molar-refractivity contribution in [2.45, 2.75) is 6.18 Å². The summed E-state index contributed by atoms with van der Waals surface area (Å²) in [6, 6.07) is 15.2. The third-order valence-corrected chi connectivity index (χ3v) is 4.38. The maximum Gasteiger partial charge on any atom is 0.420 e. The zero-order chi connectivity index (χ0) is 18.5. The summed E-state index contributed by atoms with van der Waals surface area (Å²) in [5.74, 6) is -0.431. The van der Waals surface area contributed by atoms with Crippen LogP contribution < -0.4 is 4.90 Å². The topological polar surface area (TPSA) is 16.4 Å². The van der Waals surface area contributed by atoms with E-state index >= 15 is 0 Å². The van der Waals surface area contributed by atoms with Crippen LogP contribution in [0, 0.1) is 5.82 Å². The van der Waals surface area contributed by atoms with Crippen molar-refractivity contribution in [1.82, 2.24) is 0 Å². The van der Waals surface area contributed by atoms with Gasteiger partial charge in [0.25, 0.3) is 0 Å². The van der Waals surface area contributed by atoms with Gasteiger partial charge in [0.15, 0.2) is 5.58 Å². The monoisotopic (exact) mass is 359 g/mol. The van der Waals surface area contributed by atoms with Gasteiger partial charge in [-0.15, -0.1) is 0 Å². The van der Waals surface area contributed by atoms with Gasteiger partial charge < -0.3 is 9.32 Å². The van der Waals surface area contributed by atoms with E-state index in [-0.39, 0.29) is 11.2 Å². The van der Waals surface area contributed by atoms with Crippen LogP contribution in [0.3, 0.4) is 0 Å². The van der Waals surface area contributed by atoms with E-state index in [9.17, 15) is 17.6 Å². The summed E-state index contributed by atoms with van der Waals surface area (Å²) in [6.07, 6.45) is -4.52. The van der Waals surface area contributed by atoms with E-state index in [1.165, 1.54) is 12.1 Å². The maximum atomic E-state index is 14.1. The first-order valence-corrected chi connectivity index (χ1v) is 7.87. The molecule has 0 saturated heterocycles. The average molecular weight is 359 g/mol. The lowest BCUT2D eigenvalue weighted by atomic mass is 10.1. The summed E-state index contributed by atoms with van der Waals surface area (Å²) in [4.78, 5) is 1.56. The van der Waals surface area contributed by atoms with E-state index in [4.69, 9.17) is 4.42 Å². The number of hydrogen-bond donors (Lipinski definition) is 0. The maximum absolute atomic E-state index is 14.1. The van der Waals surface area contributed by atoms with Gasteiger partial charge in [-0.25, -0.2) is 4.39 Å². The number of rotatable bonds is 2. The van der Waals surface area contributed by atoms with Crippen molar-refractivity contribution in [2.75, 3.05) is 11.9 Å². The second kappa shape index (κ2) is 5.76. The van der Waals surface area contributed by atoms with Crippen LogP contribution in [-0.4, -0.2) is 7.05 Å². The molecule has 0 radical (unpaired) electrons. The number of furan rings is 1. The van der Waals surface area contributed by atoms with Gasteiger partial charge in [-0.2, -0.15) is 13.2 Å². The quantitative estimate of drug-likeness (QED) is 0.379. The number of hydrogen-bond acceptors (Lipinski definition) is 2. The minimum Gasteiger partial charge on any atom is -0.453 e. The second-order valence-electron chi connectivity index (χ2n) is 5.95. The summed E-state index contributed by atoms with van der Waals surface area (Å²) < 4.78 is 59.7. The number of para-hydroxylation sites is 3. The van der Waals surface area contributed by atoms with Crippen molar-refractivity contribution >= 4 is 33.3 Å². The third kappa shape index (κ3) is 2.49. The lowest BCUT2D eigenvalue weighted by Gasteiger charge is -2.20. The van der Waals surface area contributed by atoms with Crippen molar-refractivity contribution < 1.29 is 22.0 Å². The Morgan fingerprint density at radius 1 is 0.769 bits per heavy atom. The molecule has 1 heterocycles. The number of benzene rings is 3. The van der Waals surface area contributed by atoms with Gasteiger partial charge in [-0.3, -0.25) is 0 Å². The van der Waals surface area contributed by atoms with Crippen LogP contribution in [0.4, 0.5) is 28.9 Å². The summed E-state index contributed by atoms with van der Waals surface area (Å²) >= 11 is 0. The standard InChI is InChI=1S/C20H13F4NO/c1-25(16-10-3-2-9-15(16)21)17-11-5-7-13-12-6-4-8-14(20(22,23)24)18(12)26-19(13)17/h2-11H,1H3. The molecule has 0 aliphatic carbocycles. The van der Waals surface area contributed by atoms with Crippen LogP contribution >= 0.6 is 0 Å². The van der Waals surface area contributed by atoms with Crippen LogP contribution in [-0.2, 0) is 6.18 Å². The highest BCUT2D eigenvalue weighted by Gasteiger charge is 2.34. The first-order valence-electron chi connectivity index (χ1n) is 7.87. The molecular weight excluding hydrogens is 346 g/mol. The molecule has 0 N–H and O–H groups in total. The van der Waals surface area contributed by atoms with Gasteiger partial charge in [-0.1, -0.05) is 36.4 Å². The van der Waals surface area contributed by atoms with Gasteiger partial charge in [0.2, 0.25) is 0 Å². The molecule has 0 spiro atoms. The summed E-state index contributed by atoms with van der Waals surface area (Å²) in [5, 5.41) is 0.922. The number of anilines is 2. The van der Waals surface area contributed by atoms with Gasteiger partial charge in [-0.05, 0) is 24.3 Å². The molecule has 26 heavy (non-hydrogen) atoms. The number of nitrogens with zero attached hydrogens (tertiary/aromatic N) is 1. The molecule has 0 amide bonds. The molecule has 132 valence electrons. The molecule has 0 aliphatic heterocycles. The second-order valence-corrected chi connectivity index (χ2v) is 5.95. The van der Waals surface area contributed by atoms with E-state index in [2.05, 4.69) is 0 Å². The molecule has 0 bridgehead atoms. The van der Waals surface area contributed by atoms with E-state index in [1.807, 2.05) is 0 Å². The fourth-order valence-electron chi connectivity index (χ4n) is 3.15. The van der Waals surface area contributed by atoms with Crippen LogP contribution in [0.1, 0.15) is 5.56 Å². The molecule has 0 aliphatic rings. The molecule has 4 rings (SSSR count).